The SMILES string of the molecule is CCCCCNC(=O)NCc1c(C)n[nH]c1C. The van der Waals surface area contributed by atoms with Crippen LogP contribution in [0.2, 0.25) is 0 Å². The summed E-state index contributed by atoms with van der Waals surface area (Å²) in [6, 6.07) is -0.110. The number of urea groups is 1. The summed E-state index contributed by atoms with van der Waals surface area (Å²) in [6.07, 6.45) is 3.35. The van der Waals surface area contributed by atoms with Crippen LogP contribution in [0.25, 0.3) is 0 Å². The van der Waals surface area contributed by atoms with Crippen molar-refractivity contribution >= 4 is 6.03 Å². The largest absolute Gasteiger partial charge is 0.338 e. The number of nitrogens with one attached hydrogen (secondary N) is 3. The van der Waals surface area contributed by atoms with Gasteiger partial charge in [0.2, 0.25) is 0 Å². The van der Waals surface area contributed by atoms with E-state index in [1.807, 2.05) is 13.8 Å². The number of H-pyrrole nitrogens is 1. The van der Waals surface area contributed by atoms with Gasteiger partial charge in [0.05, 0.1) is 5.69 Å². The summed E-state index contributed by atoms with van der Waals surface area (Å²) in [7, 11) is 0. The highest BCUT2D eigenvalue weighted by molar-refractivity contribution is 5.73. The predicted molar refractivity (Wildman–Crippen MR) is 67.8 cm³/mol. The fraction of sp³-hybridized carbons (Fsp3) is 0.667. The van der Waals surface area contributed by atoms with E-state index < -0.39 is 0 Å². The maximum atomic E-state index is 11.5. The lowest BCUT2D eigenvalue weighted by atomic mass is 10.2. The first-order valence-corrected chi connectivity index (χ1v) is 6.17. The molecule has 0 spiro atoms. The lowest BCUT2D eigenvalue weighted by Crippen LogP contribution is -2.35. The second-order valence-corrected chi connectivity index (χ2v) is 4.23. The van der Waals surface area contributed by atoms with Crippen LogP contribution in [0.3, 0.4) is 0 Å². The number of hydrogen-bond acceptors (Lipinski definition) is 2. The molecule has 17 heavy (non-hydrogen) atoms. The van der Waals surface area contributed by atoms with Crippen molar-refractivity contribution in [1.82, 2.24) is 20.8 Å². The summed E-state index contributed by atoms with van der Waals surface area (Å²) in [4.78, 5) is 11.5. The molecule has 1 aromatic rings. The van der Waals surface area contributed by atoms with Gasteiger partial charge in [0, 0.05) is 24.3 Å². The Kier molecular flexibility index (Phi) is 5.52. The second-order valence-electron chi connectivity index (χ2n) is 4.23. The lowest BCUT2D eigenvalue weighted by Gasteiger charge is -2.07. The molecule has 2 amide bonds. The van der Waals surface area contributed by atoms with Crippen molar-refractivity contribution in [1.29, 1.82) is 0 Å². The van der Waals surface area contributed by atoms with Crippen LogP contribution in [0.15, 0.2) is 0 Å². The summed E-state index contributed by atoms with van der Waals surface area (Å²) in [5.41, 5.74) is 3.01. The van der Waals surface area contributed by atoms with Crippen LogP contribution >= 0.6 is 0 Å². The van der Waals surface area contributed by atoms with Crippen LogP contribution in [0.4, 0.5) is 4.79 Å². The van der Waals surface area contributed by atoms with Crippen LogP contribution < -0.4 is 10.6 Å². The van der Waals surface area contributed by atoms with Gasteiger partial charge in [0.15, 0.2) is 0 Å². The fourth-order valence-electron chi connectivity index (χ4n) is 1.64. The Morgan fingerprint density at radius 1 is 1.29 bits per heavy atom. The third-order valence-electron chi connectivity index (χ3n) is 2.77. The van der Waals surface area contributed by atoms with E-state index in [1.165, 1.54) is 0 Å². The Morgan fingerprint density at radius 2 is 2.06 bits per heavy atom. The minimum absolute atomic E-state index is 0.110. The van der Waals surface area contributed by atoms with E-state index in [1.54, 1.807) is 0 Å². The molecule has 96 valence electrons. The van der Waals surface area contributed by atoms with E-state index in [0.717, 1.165) is 42.8 Å². The minimum Gasteiger partial charge on any atom is -0.338 e. The van der Waals surface area contributed by atoms with Crippen molar-refractivity contribution in [3.63, 3.8) is 0 Å². The van der Waals surface area contributed by atoms with E-state index in [0.29, 0.717) is 6.54 Å². The molecule has 0 bridgehead atoms. The molecular formula is C12H22N4O. The monoisotopic (exact) mass is 238 g/mol. The van der Waals surface area contributed by atoms with Gasteiger partial charge in [-0.05, 0) is 20.3 Å². The van der Waals surface area contributed by atoms with E-state index >= 15 is 0 Å². The molecule has 0 unspecified atom stereocenters. The molecule has 3 N–H and O–H groups in total. The highest BCUT2D eigenvalue weighted by Gasteiger charge is 2.07. The number of aryl methyl sites for hydroxylation is 2. The number of amides is 2. The van der Waals surface area contributed by atoms with Crippen molar-refractivity contribution in [2.45, 2.75) is 46.6 Å². The fourth-order valence-corrected chi connectivity index (χ4v) is 1.64. The van der Waals surface area contributed by atoms with Crippen LogP contribution in [0.1, 0.15) is 43.1 Å². The van der Waals surface area contributed by atoms with Gasteiger partial charge in [0.1, 0.15) is 0 Å². The summed E-state index contributed by atoms with van der Waals surface area (Å²) in [5, 5.41) is 12.7. The average molecular weight is 238 g/mol. The minimum atomic E-state index is -0.110. The summed E-state index contributed by atoms with van der Waals surface area (Å²) < 4.78 is 0. The number of carbonyl (C=O) groups is 1. The molecule has 1 rings (SSSR count). The number of unbranched alkanes of at least 4 members (excludes halogenated alkanes) is 2. The zero-order valence-electron chi connectivity index (χ0n) is 10.9. The quantitative estimate of drug-likeness (QED) is 0.663. The zero-order chi connectivity index (χ0) is 12.7. The molecule has 0 saturated carbocycles. The maximum Gasteiger partial charge on any atom is 0.315 e. The Balaban J connectivity index is 2.24. The lowest BCUT2D eigenvalue weighted by molar-refractivity contribution is 0.240. The number of rotatable bonds is 6. The van der Waals surface area contributed by atoms with Gasteiger partial charge in [-0.3, -0.25) is 5.10 Å². The Hall–Kier alpha value is -1.52. The first kappa shape index (κ1) is 13.5. The molecule has 0 aliphatic carbocycles. The van der Waals surface area contributed by atoms with Crippen LogP contribution in [0.5, 0.6) is 0 Å². The van der Waals surface area contributed by atoms with Gasteiger partial charge in [-0.2, -0.15) is 5.10 Å². The normalized spacial score (nSPS) is 10.3. The summed E-state index contributed by atoms with van der Waals surface area (Å²) >= 11 is 0. The summed E-state index contributed by atoms with van der Waals surface area (Å²) in [5.74, 6) is 0. The van der Waals surface area contributed by atoms with Crippen molar-refractivity contribution < 1.29 is 4.79 Å². The van der Waals surface area contributed by atoms with Gasteiger partial charge in [-0.1, -0.05) is 19.8 Å². The molecular weight excluding hydrogens is 216 g/mol. The predicted octanol–water partition coefficient (Wildman–Crippen LogP) is 2.02. The van der Waals surface area contributed by atoms with Crippen molar-refractivity contribution in [3.05, 3.63) is 17.0 Å². The third-order valence-corrected chi connectivity index (χ3v) is 2.77. The highest BCUT2D eigenvalue weighted by Crippen LogP contribution is 2.07. The third kappa shape index (κ3) is 4.46. The smallest absolute Gasteiger partial charge is 0.315 e. The molecule has 0 aliphatic heterocycles. The number of aromatic amines is 1. The average Bonchev–Trinajstić information content (AvgIpc) is 2.62. The summed E-state index contributed by atoms with van der Waals surface area (Å²) in [6.45, 7) is 7.29. The Labute approximate surface area is 102 Å². The van der Waals surface area contributed by atoms with Gasteiger partial charge < -0.3 is 10.6 Å². The number of carbonyl (C=O) groups excluding carboxylic acids is 1. The van der Waals surface area contributed by atoms with Crippen molar-refractivity contribution in [3.8, 4) is 0 Å². The highest BCUT2D eigenvalue weighted by atomic mass is 16.2. The van der Waals surface area contributed by atoms with Crippen LogP contribution in [0, 0.1) is 13.8 Å². The molecule has 1 aromatic heterocycles. The van der Waals surface area contributed by atoms with Crippen LogP contribution in [-0.2, 0) is 6.54 Å². The van der Waals surface area contributed by atoms with E-state index in [9.17, 15) is 4.79 Å². The van der Waals surface area contributed by atoms with Gasteiger partial charge in [-0.15, -0.1) is 0 Å². The van der Waals surface area contributed by atoms with E-state index in [-0.39, 0.29) is 6.03 Å². The molecule has 1 heterocycles. The number of hydrogen-bond donors (Lipinski definition) is 3. The molecule has 0 fully saturated rings. The Morgan fingerprint density at radius 3 is 2.65 bits per heavy atom. The standard InChI is InChI=1S/C12H22N4O/c1-4-5-6-7-13-12(17)14-8-11-9(2)15-16-10(11)3/h4-8H2,1-3H3,(H,15,16)(H2,13,14,17). The van der Waals surface area contributed by atoms with E-state index in [4.69, 9.17) is 0 Å². The zero-order valence-corrected chi connectivity index (χ0v) is 10.9. The number of aromatic nitrogens is 2. The molecule has 0 atom stereocenters. The van der Waals surface area contributed by atoms with Gasteiger partial charge in [0.25, 0.3) is 0 Å². The first-order valence-electron chi connectivity index (χ1n) is 6.17. The van der Waals surface area contributed by atoms with Gasteiger partial charge in [-0.25, -0.2) is 4.79 Å². The van der Waals surface area contributed by atoms with E-state index in [2.05, 4.69) is 27.8 Å². The second kappa shape index (κ2) is 6.93. The molecule has 0 saturated heterocycles. The van der Waals surface area contributed by atoms with Crippen molar-refractivity contribution in [2.24, 2.45) is 0 Å². The molecule has 5 heteroatoms. The molecule has 5 nitrogen and oxygen atoms in total. The topological polar surface area (TPSA) is 69.8 Å². The van der Waals surface area contributed by atoms with Crippen LogP contribution in [-0.4, -0.2) is 22.8 Å². The van der Waals surface area contributed by atoms with Gasteiger partial charge >= 0.3 is 6.03 Å². The maximum absolute atomic E-state index is 11.5. The van der Waals surface area contributed by atoms with Crippen molar-refractivity contribution in [2.75, 3.05) is 6.54 Å². The molecule has 0 radical (unpaired) electrons. The Bertz CT molecular complexity index is 340. The number of nitrogens with zero attached hydrogens (tertiary/aromatic N) is 1. The first-order chi connectivity index (χ1) is 8.15. The molecule has 0 aromatic carbocycles. The molecule has 0 aliphatic rings.